The van der Waals surface area contributed by atoms with E-state index in [9.17, 15) is 14.7 Å². The Bertz CT molecular complexity index is 1210. The number of aromatic hydroxyl groups is 1. The van der Waals surface area contributed by atoms with Crippen molar-refractivity contribution >= 4 is 51.1 Å². The highest BCUT2D eigenvalue weighted by molar-refractivity contribution is 14.1. The zero-order chi connectivity index (χ0) is 20.5. The van der Waals surface area contributed by atoms with Gasteiger partial charge in [-0.2, -0.15) is 0 Å². The summed E-state index contributed by atoms with van der Waals surface area (Å²) in [4.78, 5) is 38.5. The molecule has 1 aliphatic heterocycles. The fourth-order valence-electron chi connectivity index (χ4n) is 3.36. The van der Waals surface area contributed by atoms with Crippen molar-refractivity contribution in [3.05, 3.63) is 60.2 Å². The van der Waals surface area contributed by atoms with E-state index in [1.54, 1.807) is 18.2 Å². The Balaban J connectivity index is 1.67. The molecule has 29 heavy (non-hydrogen) atoms. The topological polar surface area (TPSA) is 105 Å². The number of pyridine rings is 2. The molecular weight excluding hydrogens is 485 g/mol. The quantitative estimate of drug-likeness (QED) is 0.374. The van der Waals surface area contributed by atoms with Crippen molar-refractivity contribution < 1.29 is 5.11 Å². The largest absolute Gasteiger partial charge is 0.494 e. The van der Waals surface area contributed by atoms with Gasteiger partial charge in [-0.25, -0.2) is 0 Å². The van der Waals surface area contributed by atoms with Crippen molar-refractivity contribution in [3.63, 3.8) is 0 Å². The van der Waals surface area contributed by atoms with Crippen LogP contribution in [0.5, 0.6) is 5.88 Å². The number of fused-ring (bicyclic) bond motifs is 1. The molecule has 0 saturated carbocycles. The van der Waals surface area contributed by atoms with E-state index < -0.39 is 0 Å². The molecule has 1 fully saturated rings. The van der Waals surface area contributed by atoms with E-state index in [4.69, 9.17) is 0 Å². The van der Waals surface area contributed by atoms with Crippen LogP contribution < -0.4 is 16.0 Å². The predicted molar refractivity (Wildman–Crippen MR) is 123 cm³/mol. The van der Waals surface area contributed by atoms with Crippen molar-refractivity contribution in [2.75, 3.05) is 38.1 Å². The molecule has 0 aliphatic carbocycles. The monoisotopic (exact) mass is 505 g/mol. The van der Waals surface area contributed by atoms with Gasteiger partial charge in [0.1, 0.15) is 11.5 Å². The smallest absolute Gasteiger partial charge is 0.275 e. The molecule has 0 bridgehead atoms. The third kappa shape index (κ3) is 4.06. The summed E-state index contributed by atoms with van der Waals surface area (Å²) in [5.74, 6) is 0.493. The molecule has 3 aromatic rings. The van der Waals surface area contributed by atoms with E-state index in [2.05, 4.69) is 54.4 Å². The van der Waals surface area contributed by atoms with Crippen LogP contribution in [-0.4, -0.2) is 59.4 Å². The Kier molecular flexibility index (Phi) is 5.41. The molecule has 1 aromatic carbocycles. The summed E-state index contributed by atoms with van der Waals surface area (Å²) < 4.78 is 0.920. The Morgan fingerprint density at radius 3 is 2.52 bits per heavy atom. The molecule has 0 atom stereocenters. The molecule has 1 saturated heterocycles. The van der Waals surface area contributed by atoms with Crippen LogP contribution >= 0.6 is 22.6 Å². The maximum absolute atomic E-state index is 12.5. The van der Waals surface area contributed by atoms with E-state index in [0.29, 0.717) is 16.3 Å². The van der Waals surface area contributed by atoms with Crippen LogP contribution in [0.15, 0.2) is 44.9 Å². The molecule has 0 amide bonds. The molecule has 3 N–H and O–H groups in total. The van der Waals surface area contributed by atoms with Crippen molar-refractivity contribution in [2.45, 2.75) is 0 Å². The fourth-order valence-corrected chi connectivity index (χ4v) is 3.85. The van der Waals surface area contributed by atoms with Crippen molar-refractivity contribution in [1.29, 1.82) is 0 Å². The number of benzene rings is 1. The Hall–Kier alpha value is -2.66. The van der Waals surface area contributed by atoms with Crippen LogP contribution in [0.2, 0.25) is 0 Å². The van der Waals surface area contributed by atoms with Crippen molar-refractivity contribution in [2.24, 2.45) is 4.99 Å². The van der Waals surface area contributed by atoms with Gasteiger partial charge in [0.05, 0.1) is 5.56 Å². The fraction of sp³-hybridized carbons (Fsp3) is 0.250. The van der Waals surface area contributed by atoms with Gasteiger partial charge in [-0.15, -0.1) is 0 Å². The number of rotatable bonds is 3. The minimum Gasteiger partial charge on any atom is -0.494 e. The zero-order valence-electron chi connectivity index (χ0n) is 15.8. The standard InChI is InChI=1S/C20H20IN5O3/c1-25-6-8-26(9-7-25)17-5-4-16(20(29)23-17)22-11-15-14-10-12(21)2-3-13(14)18(27)24-19(15)28/h2-5,10-11H,6-9H2,1H3,(H,23,29)(H2,24,27,28). The van der Waals surface area contributed by atoms with Gasteiger partial charge in [0, 0.05) is 46.7 Å². The van der Waals surface area contributed by atoms with E-state index in [1.807, 2.05) is 12.1 Å². The van der Waals surface area contributed by atoms with E-state index in [0.717, 1.165) is 35.6 Å². The zero-order valence-corrected chi connectivity index (χ0v) is 17.9. The van der Waals surface area contributed by atoms with Crippen molar-refractivity contribution in [3.8, 4) is 5.88 Å². The van der Waals surface area contributed by atoms with Gasteiger partial charge in [0.2, 0.25) is 5.88 Å². The molecule has 8 nitrogen and oxygen atoms in total. The second-order valence-corrected chi connectivity index (χ2v) is 8.26. The number of nitrogens with one attached hydrogen (secondary N) is 2. The SMILES string of the molecule is CN1CCN(c2ccc(N=Cc3c(O)[nH]c(=O)c4ccc(I)cc34)c(=O)[nH]2)CC1. The first kappa shape index (κ1) is 19.6. The predicted octanol–water partition coefficient (Wildman–Crippen LogP) is 2.03. The molecule has 0 unspecified atom stereocenters. The van der Waals surface area contributed by atoms with E-state index in [-0.39, 0.29) is 22.7 Å². The summed E-state index contributed by atoms with van der Waals surface area (Å²) >= 11 is 2.14. The average Bonchev–Trinajstić information content (AvgIpc) is 2.69. The maximum Gasteiger partial charge on any atom is 0.275 e. The minimum atomic E-state index is -0.375. The lowest BCUT2D eigenvalue weighted by Gasteiger charge is -2.33. The van der Waals surface area contributed by atoms with E-state index >= 15 is 0 Å². The van der Waals surface area contributed by atoms with Gasteiger partial charge >= 0.3 is 0 Å². The lowest BCUT2D eigenvalue weighted by atomic mass is 10.1. The van der Waals surface area contributed by atoms with E-state index in [1.165, 1.54) is 6.21 Å². The third-order valence-corrected chi connectivity index (χ3v) is 5.72. The van der Waals surface area contributed by atoms with Gasteiger partial charge in [-0.3, -0.25) is 19.6 Å². The summed E-state index contributed by atoms with van der Waals surface area (Å²) in [5.41, 5.74) is -0.0891. The summed E-state index contributed by atoms with van der Waals surface area (Å²) in [6.45, 7) is 3.59. The average molecular weight is 505 g/mol. The number of aromatic amines is 2. The Morgan fingerprint density at radius 2 is 1.79 bits per heavy atom. The first-order valence-electron chi connectivity index (χ1n) is 9.18. The Morgan fingerprint density at radius 1 is 1.03 bits per heavy atom. The first-order chi connectivity index (χ1) is 13.9. The first-order valence-corrected chi connectivity index (χ1v) is 10.3. The number of halogens is 1. The number of likely N-dealkylation sites (N-methyl/N-ethyl adjacent to an activating group) is 1. The van der Waals surface area contributed by atoms with Crippen LogP contribution in [0.3, 0.4) is 0 Å². The number of nitrogens with zero attached hydrogens (tertiary/aromatic N) is 3. The van der Waals surface area contributed by atoms with Gasteiger partial charge in [-0.1, -0.05) is 0 Å². The summed E-state index contributed by atoms with van der Waals surface area (Å²) in [6.07, 6.45) is 1.41. The summed E-state index contributed by atoms with van der Waals surface area (Å²) in [6, 6.07) is 8.82. The molecule has 0 radical (unpaired) electrons. The molecule has 3 heterocycles. The number of H-pyrrole nitrogens is 2. The second kappa shape index (κ2) is 7.99. The molecule has 9 heteroatoms. The normalized spacial score (nSPS) is 15.4. The maximum atomic E-state index is 12.5. The molecule has 1 aliphatic rings. The minimum absolute atomic E-state index is 0.229. The van der Waals surface area contributed by atoms with Gasteiger partial charge in [0.15, 0.2) is 0 Å². The number of hydrogen-bond acceptors (Lipinski definition) is 6. The van der Waals surface area contributed by atoms with Gasteiger partial charge < -0.3 is 19.9 Å². The summed E-state index contributed by atoms with van der Waals surface area (Å²) in [5, 5.41) is 11.2. The van der Waals surface area contributed by atoms with Crippen LogP contribution in [0, 0.1) is 3.57 Å². The lowest BCUT2D eigenvalue weighted by molar-refractivity contribution is 0.312. The Labute approximate surface area is 180 Å². The molecule has 2 aromatic heterocycles. The third-order valence-electron chi connectivity index (χ3n) is 5.05. The van der Waals surface area contributed by atoms with Crippen LogP contribution in [0.25, 0.3) is 10.8 Å². The molecule has 0 spiro atoms. The number of anilines is 1. The molecule has 150 valence electrons. The van der Waals surface area contributed by atoms with Crippen LogP contribution in [0.4, 0.5) is 11.5 Å². The highest BCUT2D eigenvalue weighted by atomic mass is 127. The van der Waals surface area contributed by atoms with Crippen molar-refractivity contribution in [1.82, 2.24) is 14.9 Å². The van der Waals surface area contributed by atoms with Crippen LogP contribution in [-0.2, 0) is 0 Å². The van der Waals surface area contributed by atoms with Gasteiger partial charge in [0.25, 0.3) is 11.1 Å². The summed E-state index contributed by atoms with van der Waals surface area (Å²) in [7, 11) is 2.08. The number of aliphatic imine (C=N–C) groups is 1. The molecular formula is C20H20IN5O3. The highest BCUT2D eigenvalue weighted by Gasteiger charge is 2.15. The van der Waals surface area contributed by atoms with Gasteiger partial charge in [-0.05, 0) is 60.0 Å². The number of hydrogen-bond donors (Lipinski definition) is 3. The molecule has 4 rings (SSSR count). The number of aromatic nitrogens is 2. The number of piperazine rings is 1. The van der Waals surface area contributed by atoms with Crippen LogP contribution in [0.1, 0.15) is 5.56 Å². The second-order valence-electron chi connectivity index (χ2n) is 7.01. The lowest BCUT2D eigenvalue weighted by Crippen LogP contribution is -2.45. The highest BCUT2D eigenvalue weighted by Crippen LogP contribution is 2.23.